The first-order valence-electron chi connectivity index (χ1n) is 7.52. The lowest BCUT2D eigenvalue weighted by atomic mass is 9.98. The molecule has 2 N–H and O–H groups in total. The van der Waals surface area contributed by atoms with Crippen LogP contribution in [0.4, 0.5) is 5.69 Å². The number of hydrogen-bond acceptors (Lipinski definition) is 5. The van der Waals surface area contributed by atoms with Crippen LogP contribution in [-0.2, 0) is 6.42 Å². The maximum atomic E-state index is 5.72. The van der Waals surface area contributed by atoms with Crippen LogP contribution >= 0.6 is 11.8 Å². The van der Waals surface area contributed by atoms with E-state index in [1.807, 2.05) is 23.9 Å². The van der Waals surface area contributed by atoms with Gasteiger partial charge in [-0.05, 0) is 42.2 Å². The maximum Gasteiger partial charge on any atom is 0.227 e. The van der Waals surface area contributed by atoms with Crippen molar-refractivity contribution in [2.75, 3.05) is 11.5 Å². The minimum Gasteiger partial charge on any atom is -0.399 e. The molecule has 0 amide bonds. The summed E-state index contributed by atoms with van der Waals surface area (Å²) < 4.78 is 5.43. The molecular formula is C16H21N3OS. The molecule has 2 unspecified atom stereocenters. The zero-order chi connectivity index (χ0) is 14.7. The number of aromatic nitrogens is 2. The van der Waals surface area contributed by atoms with E-state index in [1.54, 1.807) is 0 Å². The Hall–Kier alpha value is -1.49. The summed E-state index contributed by atoms with van der Waals surface area (Å²) in [6.45, 7) is 2.17. The summed E-state index contributed by atoms with van der Waals surface area (Å²) >= 11 is 1.95. The van der Waals surface area contributed by atoms with E-state index in [0.717, 1.165) is 30.2 Å². The number of rotatable bonds is 4. The van der Waals surface area contributed by atoms with Gasteiger partial charge in [0.2, 0.25) is 5.89 Å². The number of nitrogens with two attached hydrogens (primary N) is 1. The molecular weight excluding hydrogens is 282 g/mol. The first-order chi connectivity index (χ1) is 10.2. The molecule has 2 aromatic rings. The molecule has 1 aromatic heterocycles. The van der Waals surface area contributed by atoms with Crippen molar-refractivity contribution in [1.29, 1.82) is 0 Å². The summed E-state index contributed by atoms with van der Waals surface area (Å²) in [5.74, 6) is 3.16. The van der Waals surface area contributed by atoms with Crippen molar-refractivity contribution < 1.29 is 4.52 Å². The summed E-state index contributed by atoms with van der Waals surface area (Å²) in [5.41, 5.74) is 7.76. The second-order valence-corrected chi connectivity index (χ2v) is 6.98. The molecule has 0 bridgehead atoms. The highest BCUT2D eigenvalue weighted by Gasteiger charge is 2.22. The minimum absolute atomic E-state index is 0.345. The Morgan fingerprint density at radius 2 is 2.14 bits per heavy atom. The lowest BCUT2D eigenvalue weighted by Crippen LogP contribution is -2.04. The van der Waals surface area contributed by atoms with Crippen molar-refractivity contribution in [1.82, 2.24) is 10.1 Å². The molecule has 1 aliphatic rings. The Labute approximate surface area is 129 Å². The average molecular weight is 303 g/mol. The number of hydrogen-bond donors (Lipinski definition) is 1. The number of benzene rings is 1. The normalized spacial score (nSPS) is 20.3. The van der Waals surface area contributed by atoms with Crippen molar-refractivity contribution in [2.24, 2.45) is 0 Å². The molecule has 0 radical (unpaired) electrons. The van der Waals surface area contributed by atoms with Crippen LogP contribution < -0.4 is 5.73 Å². The van der Waals surface area contributed by atoms with Crippen molar-refractivity contribution in [3.8, 4) is 0 Å². The molecule has 1 aromatic carbocycles. The molecule has 2 heterocycles. The predicted octanol–water partition coefficient (Wildman–Crippen LogP) is 3.96. The molecule has 1 saturated heterocycles. The van der Waals surface area contributed by atoms with E-state index in [9.17, 15) is 0 Å². The van der Waals surface area contributed by atoms with Gasteiger partial charge in [-0.2, -0.15) is 16.7 Å². The van der Waals surface area contributed by atoms with E-state index in [0.29, 0.717) is 11.2 Å². The molecule has 2 atom stereocenters. The van der Waals surface area contributed by atoms with E-state index < -0.39 is 0 Å². The number of anilines is 1. The van der Waals surface area contributed by atoms with Crippen LogP contribution in [0.25, 0.3) is 0 Å². The van der Waals surface area contributed by atoms with Crippen LogP contribution in [0.15, 0.2) is 28.8 Å². The number of thioether (sulfide) groups is 1. The summed E-state index contributed by atoms with van der Waals surface area (Å²) in [5, 5.41) is 4.59. The second-order valence-electron chi connectivity index (χ2n) is 5.67. The summed E-state index contributed by atoms with van der Waals surface area (Å²) in [6, 6.07) is 8.00. The lowest BCUT2D eigenvalue weighted by molar-refractivity contribution is 0.365. The van der Waals surface area contributed by atoms with Gasteiger partial charge in [-0.3, -0.25) is 0 Å². The predicted molar refractivity (Wildman–Crippen MR) is 86.3 cm³/mol. The molecule has 0 saturated carbocycles. The van der Waals surface area contributed by atoms with Gasteiger partial charge in [-0.15, -0.1) is 0 Å². The third kappa shape index (κ3) is 3.59. The summed E-state index contributed by atoms with van der Waals surface area (Å²) in [7, 11) is 0. The summed E-state index contributed by atoms with van der Waals surface area (Å²) in [6.07, 6.45) is 4.51. The number of nitrogen functional groups attached to an aromatic ring is 1. The van der Waals surface area contributed by atoms with Gasteiger partial charge in [0, 0.05) is 12.1 Å². The summed E-state index contributed by atoms with van der Waals surface area (Å²) in [4.78, 5) is 4.59. The largest absolute Gasteiger partial charge is 0.399 e. The van der Waals surface area contributed by atoms with E-state index in [2.05, 4.69) is 29.2 Å². The fourth-order valence-electron chi connectivity index (χ4n) is 2.63. The van der Waals surface area contributed by atoms with Crippen molar-refractivity contribution >= 4 is 17.4 Å². The van der Waals surface area contributed by atoms with Crippen LogP contribution in [0.5, 0.6) is 0 Å². The highest BCUT2D eigenvalue weighted by Crippen LogP contribution is 2.36. The maximum absolute atomic E-state index is 5.72. The van der Waals surface area contributed by atoms with Gasteiger partial charge in [-0.25, -0.2) is 0 Å². The van der Waals surface area contributed by atoms with Crippen molar-refractivity contribution in [2.45, 2.75) is 43.8 Å². The Morgan fingerprint density at radius 3 is 2.86 bits per heavy atom. The zero-order valence-corrected chi connectivity index (χ0v) is 13.1. The van der Waals surface area contributed by atoms with E-state index in [-0.39, 0.29) is 0 Å². The van der Waals surface area contributed by atoms with Crippen LogP contribution in [0.1, 0.15) is 54.6 Å². The van der Waals surface area contributed by atoms with Crippen molar-refractivity contribution in [3.05, 3.63) is 41.5 Å². The average Bonchev–Trinajstić information content (AvgIpc) is 2.97. The Morgan fingerprint density at radius 1 is 1.33 bits per heavy atom. The highest BCUT2D eigenvalue weighted by atomic mass is 32.2. The molecule has 3 rings (SSSR count). The molecule has 0 spiro atoms. The van der Waals surface area contributed by atoms with Crippen LogP contribution in [0, 0.1) is 0 Å². The van der Waals surface area contributed by atoms with Gasteiger partial charge in [0.15, 0.2) is 5.82 Å². The Balaban J connectivity index is 1.64. The smallest absolute Gasteiger partial charge is 0.227 e. The van der Waals surface area contributed by atoms with Crippen LogP contribution in [0.3, 0.4) is 0 Å². The third-order valence-corrected chi connectivity index (χ3v) is 5.31. The van der Waals surface area contributed by atoms with E-state index in [4.69, 9.17) is 10.3 Å². The van der Waals surface area contributed by atoms with Crippen LogP contribution in [-0.4, -0.2) is 15.9 Å². The Kier molecular flexibility index (Phi) is 4.48. The van der Waals surface area contributed by atoms with Crippen molar-refractivity contribution in [3.63, 3.8) is 0 Å². The minimum atomic E-state index is 0.345. The molecule has 112 valence electrons. The van der Waals surface area contributed by atoms with Gasteiger partial charge in [0.1, 0.15) is 0 Å². The zero-order valence-electron chi connectivity index (χ0n) is 12.3. The topological polar surface area (TPSA) is 64.9 Å². The van der Waals surface area contributed by atoms with Gasteiger partial charge in [0.05, 0.1) is 5.25 Å². The molecule has 21 heavy (non-hydrogen) atoms. The molecule has 5 heteroatoms. The third-order valence-electron chi connectivity index (χ3n) is 3.94. The van der Waals surface area contributed by atoms with E-state index in [1.165, 1.54) is 24.2 Å². The fraction of sp³-hybridized carbons (Fsp3) is 0.500. The second kappa shape index (κ2) is 6.52. The lowest BCUT2D eigenvalue weighted by Gasteiger charge is -2.17. The first-order valence-corrected chi connectivity index (χ1v) is 8.57. The van der Waals surface area contributed by atoms with Crippen LogP contribution in [0.2, 0.25) is 0 Å². The van der Waals surface area contributed by atoms with E-state index >= 15 is 0 Å². The Bertz CT molecular complexity index is 575. The molecule has 4 nitrogen and oxygen atoms in total. The molecule has 0 aliphatic carbocycles. The van der Waals surface area contributed by atoms with Gasteiger partial charge >= 0.3 is 0 Å². The molecule has 1 fully saturated rings. The van der Waals surface area contributed by atoms with Gasteiger partial charge in [0.25, 0.3) is 0 Å². The first kappa shape index (κ1) is 14.4. The fourth-order valence-corrected chi connectivity index (χ4v) is 3.86. The van der Waals surface area contributed by atoms with Gasteiger partial charge in [-0.1, -0.05) is 30.6 Å². The monoisotopic (exact) mass is 303 g/mol. The van der Waals surface area contributed by atoms with Gasteiger partial charge < -0.3 is 10.3 Å². The highest BCUT2D eigenvalue weighted by molar-refractivity contribution is 7.99. The SMILES string of the molecule is CC(Cc1nc(C2CCCCS2)no1)c1ccc(N)cc1. The molecule has 1 aliphatic heterocycles. The standard InChI is InChI=1S/C16H21N3OS/c1-11(12-5-7-13(17)8-6-12)10-15-18-16(19-20-15)14-4-2-3-9-21-14/h5-8,11,14H,2-4,9-10,17H2,1H3. The quantitative estimate of drug-likeness (QED) is 0.866. The number of nitrogens with zero attached hydrogens (tertiary/aromatic N) is 2.